The molecule has 0 aliphatic heterocycles. The minimum absolute atomic E-state index is 0.0841. The second-order valence-electron chi connectivity index (χ2n) is 6.90. The number of rotatable bonds is 8. The number of ether oxygens (including phenoxy) is 1. The molecule has 2 heterocycles. The van der Waals surface area contributed by atoms with E-state index in [0.717, 1.165) is 12.8 Å². The molecule has 32 heavy (non-hydrogen) atoms. The first kappa shape index (κ1) is 17.8. The molecule has 0 radical (unpaired) electrons. The molecule has 0 spiro atoms. The molecule has 0 unspecified atom stereocenters. The van der Waals surface area contributed by atoms with Crippen molar-refractivity contribution >= 4 is 46.6 Å². The largest absolute Gasteiger partial charge is 0.494 e. The molecule has 10 nitrogen and oxygen atoms in total. The van der Waals surface area contributed by atoms with Crippen LogP contribution in [0.4, 0.5) is 17.2 Å². The Morgan fingerprint density at radius 1 is 1.28 bits per heavy atom. The van der Waals surface area contributed by atoms with E-state index in [1.807, 2.05) is 5.32 Å². The maximum atomic E-state index is 12.6. The molecule has 1 aliphatic carbocycles. The van der Waals surface area contributed by atoms with Crippen LogP contribution in [0.5, 0.6) is 5.75 Å². The number of benzene rings is 1. The van der Waals surface area contributed by atoms with Gasteiger partial charge in [0.05, 0.1) is 23.4 Å². The normalized spacial score (nSPS) is 14.5. The van der Waals surface area contributed by atoms with E-state index in [1.165, 1.54) is 24.5 Å². The van der Waals surface area contributed by atoms with E-state index in [9.17, 15) is 14.4 Å². The van der Waals surface area contributed by atoms with Crippen molar-refractivity contribution in [2.24, 2.45) is 5.92 Å². The molecule has 11 heteroatoms. The van der Waals surface area contributed by atoms with Gasteiger partial charge in [0.25, 0.3) is 5.91 Å². The molecule has 0 saturated heterocycles. The van der Waals surface area contributed by atoms with E-state index in [2.05, 4.69) is 25.8 Å². The number of para-hydroxylation sites is 1. The lowest BCUT2D eigenvalue weighted by molar-refractivity contribution is -0.117. The number of hydrogen-bond acceptors (Lipinski definition) is 9. The van der Waals surface area contributed by atoms with Crippen LogP contribution in [0.2, 0.25) is 0 Å². The summed E-state index contributed by atoms with van der Waals surface area (Å²) in [5, 5.41) is 15.6. The Morgan fingerprint density at radius 3 is 2.81 bits per heavy atom. The molecule has 2 aromatic heterocycles. The van der Waals surface area contributed by atoms with Crippen LogP contribution in [0, 0.1) is 5.92 Å². The lowest BCUT2D eigenvalue weighted by Crippen LogP contribution is -2.22. The number of nitrogens with zero attached hydrogens (tertiary/aromatic N) is 3. The molecule has 0 bridgehead atoms. The summed E-state index contributed by atoms with van der Waals surface area (Å²) in [6, 6.07) is 6.58. The number of hydrogen-bond donors (Lipinski definition) is 3. The van der Waals surface area contributed by atoms with Crippen LogP contribution in [0.1, 0.15) is 37.2 Å². The number of carbonyl (C=O) groups is 3. The van der Waals surface area contributed by atoms with Crippen LogP contribution in [0.25, 0.3) is 10.4 Å². The number of methoxy groups -OCH3 is 1. The fraction of sp³-hybridized carbons (Fsp3) is 0.238. The van der Waals surface area contributed by atoms with Crippen molar-refractivity contribution in [1.29, 1.82) is 0 Å². The number of anilines is 3. The second-order valence-corrected chi connectivity index (χ2v) is 7.96. The highest BCUT2D eigenvalue weighted by Gasteiger charge is 2.30. The van der Waals surface area contributed by atoms with Crippen LogP contribution >= 0.6 is 11.3 Å². The topological polar surface area (TPSA) is 135 Å². The van der Waals surface area contributed by atoms with Crippen molar-refractivity contribution < 1.29 is 23.2 Å². The van der Waals surface area contributed by atoms with Crippen LogP contribution in [0.3, 0.4) is 0 Å². The van der Waals surface area contributed by atoms with E-state index in [1.54, 1.807) is 24.4 Å². The molecule has 1 saturated carbocycles. The zero-order valence-electron chi connectivity index (χ0n) is 19.8. The second kappa shape index (κ2) is 9.10. The monoisotopic (exact) mass is 455 g/mol. The molecule has 0 atom stereocenters. The Bertz CT molecular complexity index is 1290. The lowest BCUT2D eigenvalue weighted by atomic mass is 10.1. The zero-order valence-corrected chi connectivity index (χ0v) is 17.7. The van der Waals surface area contributed by atoms with Crippen molar-refractivity contribution in [2.45, 2.75) is 12.8 Å². The Labute approximate surface area is 191 Å². The molecule has 3 aromatic rings. The summed E-state index contributed by atoms with van der Waals surface area (Å²) in [7, 11) is 1.46. The molecule has 4 rings (SSSR count). The van der Waals surface area contributed by atoms with Gasteiger partial charge in [0.15, 0.2) is 28.6 Å². The highest BCUT2D eigenvalue weighted by Crippen LogP contribution is 2.40. The number of amides is 2. The predicted octanol–water partition coefficient (Wildman–Crippen LogP) is 2.87. The van der Waals surface area contributed by atoms with Crippen LogP contribution in [-0.2, 0) is 4.79 Å². The minimum Gasteiger partial charge on any atom is -0.494 e. The first-order chi connectivity index (χ1) is 16.7. The van der Waals surface area contributed by atoms with Crippen molar-refractivity contribution in [3.05, 3.63) is 41.2 Å². The summed E-state index contributed by atoms with van der Waals surface area (Å²) in [5.41, 5.74) is 0.863. The molecule has 1 aliphatic rings. The number of carbonyl (C=O) groups excluding carboxylic acids is 3. The fourth-order valence-corrected chi connectivity index (χ4v) is 3.76. The van der Waals surface area contributed by atoms with E-state index >= 15 is 0 Å². The van der Waals surface area contributed by atoms with E-state index in [0.29, 0.717) is 33.2 Å². The van der Waals surface area contributed by atoms with Crippen molar-refractivity contribution in [3.63, 3.8) is 0 Å². The third-order valence-electron chi connectivity index (χ3n) is 4.70. The number of nitrogens with one attached hydrogen (secondary N) is 3. The van der Waals surface area contributed by atoms with Crippen molar-refractivity contribution in [3.8, 4) is 16.2 Å². The summed E-state index contributed by atoms with van der Waals surface area (Å²) in [4.78, 5) is 40.6. The SMILES string of the molecule is [2H]C([2H])([2H])NC(=O)c1nnc(NC(=O)C2CC2)cc1Nc1cccc(-c2cnc(C=O)s2)c1OC. The van der Waals surface area contributed by atoms with Crippen LogP contribution in [0.15, 0.2) is 30.5 Å². The molecule has 2 amide bonds. The summed E-state index contributed by atoms with van der Waals surface area (Å²) < 4.78 is 27.6. The highest BCUT2D eigenvalue weighted by molar-refractivity contribution is 7.16. The minimum atomic E-state index is -2.74. The number of aldehydes is 1. The summed E-state index contributed by atoms with van der Waals surface area (Å²) in [6.45, 7) is -2.74. The first-order valence-electron chi connectivity index (χ1n) is 11.0. The lowest BCUT2D eigenvalue weighted by Gasteiger charge is -2.16. The maximum absolute atomic E-state index is 12.6. The molecular weight excluding hydrogens is 432 g/mol. The van der Waals surface area contributed by atoms with Crippen LogP contribution < -0.4 is 20.7 Å². The average Bonchev–Trinajstić information content (AvgIpc) is 3.55. The van der Waals surface area contributed by atoms with E-state index in [-0.39, 0.29) is 29.0 Å². The summed E-state index contributed by atoms with van der Waals surface area (Å²) in [6.07, 6.45) is 3.77. The highest BCUT2D eigenvalue weighted by atomic mass is 32.1. The molecule has 164 valence electrons. The number of thiazole rings is 1. The van der Waals surface area contributed by atoms with Gasteiger partial charge in [-0.05, 0) is 25.0 Å². The maximum Gasteiger partial charge on any atom is 0.273 e. The standard InChI is InChI=1S/C21H20N6O4S/c1-22-21(30)18-14(8-16(26-27-18)25-20(29)11-6-7-11)24-13-5-3-4-12(19(13)31-2)15-9-23-17(10-28)32-15/h3-5,8-11H,6-7H2,1-2H3,(H,22,30)(H2,24,25,26,29)/i1D3. The van der Waals surface area contributed by atoms with E-state index in [4.69, 9.17) is 8.85 Å². The average molecular weight is 456 g/mol. The smallest absolute Gasteiger partial charge is 0.273 e. The Hall–Kier alpha value is -3.86. The molecule has 3 N–H and O–H groups in total. The van der Waals surface area contributed by atoms with Crippen molar-refractivity contribution in [2.75, 3.05) is 24.7 Å². The third-order valence-corrected chi connectivity index (χ3v) is 5.66. The Balaban J connectivity index is 1.72. The number of aromatic nitrogens is 3. The van der Waals surface area contributed by atoms with Gasteiger partial charge in [-0.25, -0.2) is 4.98 Å². The summed E-state index contributed by atoms with van der Waals surface area (Å²) in [5.74, 6) is -0.785. The van der Waals surface area contributed by atoms with Gasteiger partial charge in [0.1, 0.15) is 0 Å². The van der Waals surface area contributed by atoms with Gasteiger partial charge in [0.2, 0.25) is 5.91 Å². The van der Waals surface area contributed by atoms with Gasteiger partial charge < -0.3 is 20.7 Å². The van der Waals surface area contributed by atoms with Gasteiger partial charge in [-0.15, -0.1) is 21.5 Å². The fourth-order valence-electron chi connectivity index (χ4n) is 3.01. The van der Waals surface area contributed by atoms with Gasteiger partial charge >= 0.3 is 0 Å². The summed E-state index contributed by atoms with van der Waals surface area (Å²) >= 11 is 1.18. The predicted molar refractivity (Wildman–Crippen MR) is 120 cm³/mol. The van der Waals surface area contributed by atoms with Crippen LogP contribution in [-0.4, -0.2) is 47.4 Å². The van der Waals surface area contributed by atoms with E-state index < -0.39 is 12.9 Å². The Kier molecular flexibility index (Phi) is 5.06. The molecule has 1 fully saturated rings. The Morgan fingerprint density at radius 2 is 2.12 bits per heavy atom. The van der Waals surface area contributed by atoms with Gasteiger partial charge in [-0.1, -0.05) is 6.07 Å². The molecular formula is C21H20N6O4S. The molecule has 1 aromatic carbocycles. The van der Waals surface area contributed by atoms with Gasteiger partial charge in [-0.2, -0.15) is 0 Å². The zero-order chi connectivity index (χ0) is 25.2. The van der Waals surface area contributed by atoms with Gasteiger partial charge in [0, 0.05) is 34.8 Å². The quantitative estimate of drug-likeness (QED) is 0.441. The first-order valence-corrected chi connectivity index (χ1v) is 10.4. The van der Waals surface area contributed by atoms with Crippen molar-refractivity contribution in [1.82, 2.24) is 20.5 Å². The van der Waals surface area contributed by atoms with Gasteiger partial charge in [-0.3, -0.25) is 14.4 Å². The third kappa shape index (κ3) is 4.42.